The molecule has 0 spiro atoms. The highest BCUT2D eigenvalue weighted by atomic mass is 32.1. The summed E-state index contributed by atoms with van der Waals surface area (Å²) in [5, 5.41) is 14.0. The molecule has 1 aromatic rings. The zero-order valence-corrected chi connectivity index (χ0v) is 9.25. The van der Waals surface area contributed by atoms with Crippen molar-refractivity contribution in [1.82, 2.24) is 4.98 Å². The second kappa shape index (κ2) is 6.31. The van der Waals surface area contributed by atoms with Crippen molar-refractivity contribution < 1.29 is 9.66 Å². The first-order valence-electron chi connectivity index (χ1n) is 4.66. The fourth-order valence-electron chi connectivity index (χ4n) is 0.946. The molecule has 15 heavy (non-hydrogen) atoms. The fourth-order valence-corrected chi connectivity index (χ4v) is 1.60. The summed E-state index contributed by atoms with van der Waals surface area (Å²) >= 11 is 1.04. The summed E-state index contributed by atoms with van der Waals surface area (Å²) in [7, 11) is 0. The molecule has 1 aromatic heterocycles. The van der Waals surface area contributed by atoms with Gasteiger partial charge in [0.05, 0.1) is 4.92 Å². The van der Waals surface area contributed by atoms with Crippen LogP contribution >= 0.6 is 11.3 Å². The van der Waals surface area contributed by atoms with Gasteiger partial charge in [-0.25, -0.2) is 4.98 Å². The van der Waals surface area contributed by atoms with Crippen LogP contribution in [0.25, 0.3) is 0 Å². The van der Waals surface area contributed by atoms with Crippen molar-refractivity contribution in [2.75, 3.05) is 25.1 Å². The Kier molecular flexibility index (Phi) is 4.99. The Hall–Kier alpha value is -1.21. The Balaban J connectivity index is 2.23. The smallest absolute Gasteiger partial charge is 0.345 e. The van der Waals surface area contributed by atoms with Gasteiger partial charge in [-0.2, -0.15) is 0 Å². The molecule has 0 aliphatic rings. The molecule has 0 aromatic carbocycles. The Bertz CT molecular complexity index is 316. The number of rotatable bonds is 7. The molecule has 6 nitrogen and oxygen atoms in total. The van der Waals surface area contributed by atoms with Crippen molar-refractivity contribution in [2.45, 2.75) is 13.3 Å². The van der Waals surface area contributed by atoms with Crippen molar-refractivity contribution in [3.63, 3.8) is 0 Å². The Morgan fingerprint density at radius 1 is 1.73 bits per heavy atom. The zero-order chi connectivity index (χ0) is 11.1. The van der Waals surface area contributed by atoms with E-state index in [0.717, 1.165) is 17.8 Å². The lowest BCUT2D eigenvalue weighted by atomic mass is 10.4. The highest BCUT2D eigenvalue weighted by Crippen LogP contribution is 2.24. The van der Waals surface area contributed by atoms with E-state index in [9.17, 15) is 10.1 Å². The van der Waals surface area contributed by atoms with Gasteiger partial charge in [0.1, 0.15) is 6.20 Å². The van der Waals surface area contributed by atoms with Crippen LogP contribution in [0.3, 0.4) is 0 Å². The number of anilines is 1. The van der Waals surface area contributed by atoms with E-state index in [1.807, 2.05) is 6.92 Å². The van der Waals surface area contributed by atoms with Gasteiger partial charge in [-0.1, -0.05) is 0 Å². The third kappa shape index (κ3) is 4.22. The van der Waals surface area contributed by atoms with Gasteiger partial charge in [0, 0.05) is 19.8 Å². The first-order chi connectivity index (χ1) is 7.24. The Morgan fingerprint density at radius 2 is 2.53 bits per heavy atom. The minimum absolute atomic E-state index is 0.0577. The van der Waals surface area contributed by atoms with Crippen LogP contribution in [-0.4, -0.2) is 29.7 Å². The van der Waals surface area contributed by atoms with Crippen LogP contribution in [0, 0.1) is 10.1 Å². The molecule has 0 aliphatic heterocycles. The first-order valence-corrected chi connectivity index (χ1v) is 5.47. The van der Waals surface area contributed by atoms with E-state index in [4.69, 9.17) is 4.74 Å². The van der Waals surface area contributed by atoms with Gasteiger partial charge < -0.3 is 10.1 Å². The second-order valence-electron chi connectivity index (χ2n) is 2.74. The number of nitrogens with zero attached hydrogens (tertiary/aromatic N) is 2. The number of hydrogen-bond donors (Lipinski definition) is 1. The van der Waals surface area contributed by atoms with E-state index in [1.54, 1.807) is 0 Å². The third-order valence-electron chi connectivity index (χ3n) is 1.62. The van der Waals surface area contributed by atoms with Crippen LogP contribution in [0.1, 0.15) is 13.3 Å². The summed E-state index contributed by atoms with van der Waals surface area (Å²) in [4.78, 5) is 13.8. The second-order valence-corrected chi connectivity index (χ2v) is 3.75. The quantitative estimate of drug-likeness (QED) is 0.440. The molecule has 0 aliphatic carbocycles. The number of nitro groups is 1. The van der Waals surface area contributed by atoms with Crippen LogP contribution in [0.4, 0.5) is 10.1 Å². The van der Waals surface area contributed by atoms with Gasteiger partial charge in [0.2, 0.25) is 0 Å². The number of ether oxygens (including phenoxy) is 1. The van der Waals surface area contributed by atoms with Crippen LogP contribution in [0.5, 0.6) is 0 Å². The average Bonchev–Trinajstić information content (AvgIpc) is 2.66. The number of nitrogens with one attached hydrogen (secondary N) is 1. The number of aromatic nitrogens is 1. The molecule has 0 atom stereocenters. The van der Waals surface area contributed by atoms with E-state index >= 15 is 0 Å². The minimum Gasteiger partial charge on any atom is -0.382 e. The highest BCUT2D eigenvalue weighted by Gasteiger charge is 2.10. The standard InChI is InChI=1S/C8H13N3O3S/c1-2-14-5-3-4-9-8-10-6-7(15-8)11(12)13/h6H,2-5H2,1H3,(H,9,10). The van der Waals surface area contributed by atoms with Crippen molar-refractivity contribution in [2.24, 2.45) is 0 Å². The SMILES string of the molecule is CCOCCCNc1ncc([N+](=O)[O-])s1. The minimum atomic E-state index is -0.441. The first kappa shape index (κ1) is 11.9. The lowest BCUT2D eigenvalue weighted by molar-refractivity contribution is -0.380. The van der Waals surface area contributed by atoms with Crippen LogP contribution in [0.2, 0.25) is 0 Å². The maximum atomic E-state index is 10.4. The lowest BCUT2D eigenvalue weighted by Gasteiger charge is -2.01. The monoisotopic (exact) mass is 231 g/mol. The van der Waals surface area contributed by atoms with Crippen LogP contribution in [-0.2, 0) is 4.74 Å². The molecule has 1 N–H and O–H groups in total. The summed E-state index contributed by atoms with van der Waals surface area (Å²) in [5.74, 6) is 0. The summed E-state index contributed by atoms with van der Waals surface area (Å²) < 4.78 is 5.15. The normalized spacial score (nSPS) is 10.2. The van der Waals surface area contributed by atoms with Crippen LogP contribution < -0.4 is 5.32 Å². The predicted molar refractivity (Wildman–Crippen MR) is 58.4 cm³/mol. The van der Waals surface area contributed by atoms with Crippen molar-refractivity contribution >= 4 is 21.5 Å². The van der Waals surface area contributed by atoms with E-state index in [1.165, 1.54) is 6.20 Å². The van der Waals surface area contributed by atoms with Crippen molar-refractivity contribution in [1.29, 1.82) is 0 Å². The third-order valence-corrected chi connectivity index (χ3v) is 2.53. The highest BCUT2D eigenvalue weighted by molar-refractivity contribution is 7.18. The van der Waals surface area contributed by atoms with E-state index in [2.05, 4.69) is 10.3 Å². The number of hydrogen-bond acceptors (Lipinski definition) is 6. The van der Waals surface area contributed by atoms with E-state index in [-0.39, 0.29) is 5.00 Å². The topological polar surface area (TPSA) is 77.3 Å². The molecule has 1 heterocycles. The zero-order valence-electron chi connectivity index (χ0n) is 8.43. The van der Waals surface area contributed by atoms with Gasteiger partial charge in [-0.3, -0.25) is 10.1 Å². The van der Waals surface area contributed by atoms with Crippen molar-refractivity contribution in [3.05, 3.63) is 16.3 Å². The van der Waals surface area contributed by atoms with Gasteiger partial charge >= 0.3 is 5.00 Å². The van der Waals surface area contributed by atoms with Gasteiger partial charge in [-0.15, -0.1) is 0 Å². The fraction of sp³-hybridized carbons (Fsp3) is 0.625. The molecule has 84 valence electrons. The molecule has 0 amide bonds. The Morgan fingerprint density at radius 3 is 3.13 bits per heavy atom. The summed E-state index contributed by atoms with van der Waals surface area (Å²) in [6, 6.07) is 0. The molecule has 0 unspecified atom stereocenters. The average molecular weight is 231 g/mol. The lowest BCUT2D eigenvalue weighted by Crippen LogP contribution is -2.05. The largest absolute Gasteiger partial charge is 0.382 e. The van der Waals surface area contributed by atoms with E-state index < -0.39 is 4.92 Å². The van der Waals surface area contributed by atoms with Gasteiger partial charge in [0.15, 0.2) is 5.13 Å². The van der Waals surface area contributed by atoms with Gasteiger partial charge in [-0.05, 0) is 24.7 Å². The maximum absolute atomic E-state index is 10.4. The summed E-state index contributed by atoms with van der Waals surface area (Å²) in [6.07, 6.45) is 2.12. The van der Waals surface area contributed by atoms with Crippen molar-refractivity contribution in [3.8, 4) is 0 Å². The molecule has 1 rings (SSSR count). The van der Waals surface area contributed by atoms with E-state index in [0.29, 0.717) is 24.9 Å². The molecule has 0 saturated heterocycles. The molecular formula is C8H13N3O3S. The predicted octanol–water partition coefficient (Wildman–Crippen LogP) is 1.89. The molecule has 0 fully saturated rings. The summed E-state index contributed by atoms with van der Waals surface area (Å²) in [6.45, 7) is 4.06. The Labute approximate surface area is 91.4 Å². The maximum Gasteiger partial charge on any atom is 0.345 e. The van der Waals surface area contributed by atoms with Gasteiger partial charge in [0.25, 0.3) is 0 Å². The molecule has 7 heteroatoms. The number of thiazole rings is 1. The summed E-state index contributed by atoms with van der Waals surface area (Å²) in [5.41, 5.74) is 0. The molecule has 0 radical (unpaired) electrons. The van der Waals surface area contributed by atoms with Crippen LogP contribution in [0.15, 0.2) is 6.20 Å². The molecule has 0 bridgehead atoms. The molecular weight excluding hydrogens is 218 g/mol. The molecule has 0 saturated carbocycles.